The molecule has 5 heteroatoms. The zero-order valence-corrected chi connectivity index (χ0v) is 10.8. The van der Waals surface area contributed by atoms with Crippen LogP contribution in [0.5, 0.6) is 0 Å². The Morgan fingerprint density at radius 3 is 2.78 bits per heavy atom. The number of carbonyl (C=O) groups excluding carboxylic acids is 1. The minimum Gasteiger partial charge on any atom is -0.391 e. The van der Waals surface area contributed by atoms with Gasteiger partial charge in [-0.3, -0.25) is 4.79 Å². The summed E-state index contributed by atoms with van der Waals surface area (Å²) in [4.78, 5) is 13.5. The number of hydrogen-bond acceptors (Lipinski definition) is 3. The largest absolute Gasteiger partial charge is 0.391 e. The Morgan fingerprint density at radius 2 is 2.17 bits per heavy atom. The van der Waals surface area contributed by atoms with Gasteiger partial charge < -0.3 is 10.0 Å². The van der Waals surface area contributed by atoms with Crippen molar-refractivity contribution < 1.29 is 14.3 Å². The molecule has 0 spiro atoms. The van der Waals surface area contributed by atoms with Gasteiger partial charge in [-0.2, -0.15) is 0 Å². The molecule has 1 heterocycles. The lowest BCUT2D eigenvalue weighted by Gasteiger charge is -2.14. The number of aliphatic hydroxyl groups is 1. The molecule has 0 saturated carbocycles. The Bertz CT molecular complexity index is 410. The molecule has 0 aliphatic carbocycles. The zero-order chi connectivity index (χ0) is 13.0. The van der Waals surface area contributed by atoms with Crippen LogP contribution in [-0.4, -0.2) is 40.9 Å². The van der Waals surface area contributed by atoms with Crippen LogP contribution in [0.1, 0.15) is 12.0 Å². The van der Waals surface area contributed by atoms with Crippen molar-refractivity contribution in [2.24, 2.45) is 0 Å². The second-order valence-corrected chi connectivity index (χ2v) is 5.39. The maximum atomic E-state index is 12.7. The number of rotatable bonds is 4. The number of carbonyl (C=O) groups is 1. The average molecular weight is 269 g/mol. The Balaban J connectivity index is 1.72. The Morgan fingerprint density at radius 1 is 1.44 bits per heavy atom. The molecule has 1 N–H and O–H groups in total. The van der Waals surface area contributed by atoms with E-state index >= 15 is 0 Å². The van der Waals surface area contributed by atoms with Crippen molar-refractivity contribution in [3.8, 4) is 0 Å². The fourth-order valence-corrected chi connectivity index (χ4v) is 2.78. The van der Waals surface area contributed by atoms with E-state index in [-0.39, 0.29) is 17.8 Å². The fourth-order valence-electron chi connectivity index (χ4n) is 1.90. The highest BCUT2D eigenvalue weighted by Gasteiger charge is 2.23. The summed E-state index contributed by atoms with van der Waals surface area (Å²) in [6.07, 6.45) is 0.310. The van der Waals surface area contributed by atoms with E-state index in [1.165, 1.54) is 23.9 Å². The van der Waals surface area contributed by atoms with Gasteiger partial charge in [-0.15, -0.1) is 11.8 Å². The molecule has 1 aromatic carbocycles. The molecule has 1 aliphatic heterocycles. The van der Waals surface area contributed by atoms with Crippen molar-refractivity contribution in [2.45, 2.75) is 18.3 Å². The van der Waals surface area contributed by atoms with E-state index < -0.39 is 0 Å². The molecule has 1 atom stereocenters. The van der Waals surface area contributed by atoms with Crippen molar-refractivity contribution >= 4 is 17.7 Å². The topological polar surface area (TPSA) is 40.5 Å². The summed E-state index contributed by atoms with van der Waals surface area (Å²) in [5.74, 6) is 0.927. The van der Waals surface area contributed by atoms with Gasteiger partial charge in [0.2, 0.25) is 5.91 Å². The molecule has 0 bridgehead atoms. The molecule has 1 aliphatic rings. The van der Waals surface area contributed by atoms with Crippen LogP contribution < -0.4 is 0 Å². The highest BCUT2D eigenvalue weighted by molar-refractivity contribution is 7.99. The quantitative estimate of drug-likeness (QED) is 0.903. The van der Waals surface area contributed by atoms with Gasteiger partial charge in [0.1, 0.15) is 5.82 Å². The van der Waals surface area contributed by atoms with Gasteiger partial charge in [0.25, 0.3) is 0 Å². The van der Waals surface area contributed by atoms with Crippen LogP contribution in [0.2, 0.25) is 0 Å². The Labute approximate surface area is 110 Å². The minimum absolute atomic E-state index is 0.0682. The Kier molecular flexibility index (Phi) is 4.60. The predicted molar refractivity (Wildman–Crippen MR) is 69.8 cm³/mol. The van der Waals surface area contributed by atoms with Gasteiger partial charge in [0.15, 0.2) is 0 Å². The molecule has 3 nitrogen and oxygen atoms in total. The first kappa shape index (κ1) is 13.4. The number of likely N-dealkylation sites (tertiary alicyclic amines) is 1. The van der Waals surface area contributed by atoms with Crippen LogP contribution in [0.3, 0.4) is 0 Å². The lowest BCUT2D eigenvalue weighted by atomic mass is 10.2. The lowest BCUT2D eigenvalue weighted by molar-refractivity contribution is -0.127. The van der Waals surface area contributed by atoms with E-state index in [1.807, 2.05) is 0 Å². The van der Waals surface area contributed by atoms with E-state index in [0.717, 1.165) is 5.56 Å². The van der Waals surface area contributed by atoms with Crippen LogP contribution >= 0.6 is 11.8 Å². The van der Waals surface area contributed by atoms with Gasteiger partial charge in [0.05, 0.1) is 11.9 Å². The second-order valence-electron chi connectivity index (χ2n) is 4.40. The summed E-state index contributed by atoms with van der Waals surface area (Å²) in [6, 6.07) is 6.31. The fraction of sp³-hybridized carbons (Fsp3) is 0.462. The molecule has 1 aromatic rings. The minimum atomic E-state index is -0.365. The summed E-state index contributed by atoms with van der Waals surface area (Å²) in [5.41, 5.74) is 1.01. The first-order valence-corrected chi connectivity index (χ1v) is 7.08. The summed E-state index contributed by atoms with van der Waals surface area (Å²) >= 11 is 1.51. The lowest BCUT2D eigenvalue weighted by Crippen LogP contribution is -2.30. The highest BCUT2D eigenvalue weighted by Crippen LogP contribution is 2.15. The van der Waals surface area contributed by atoms with Crippen molar-refractivity contribution in [3.05, 3.63) is 35.6 Å². The van der Waals surface area contributed by atoms with E-state index in [9.17, 15) is 14.3 Å². The third-order valence-electron chi connectivity index (χ3n) is 2.92. The first-order valence-electron chi connectivity index (χ1n) is 5.93. The van der Waals surface area contributed by atoms with Crippen LogP contribution in [0.4, 0.5) is 4.39 Å². The monoisotopic (exact) mass is 269 g/mol. The molecular formula is C13H16FNO2S. The van der Waals surface area contributed by atoms with Crippen LogP contribution in [0.15, 0.2) is 24.3 Å². The molecule has 1 amide bonds. The Hall–Kier alpha value is -1.07. The van der Waals surface area contributed by atoms with Gasteiger partial charge in [-0.25, -0.2) is 4.39 Å². The predicted octanol–water partition coefficient (Wildman–Crippen LogP) is 1.65. The standard InChI is InChI=1S/C13H16FNO2S/c14-11-3-1-10(2-4-11)8-18-9-13(17)15-6-5-12(16)7-15/h1-4,12,16H,5-9H2/t12-/m1/s1. The van der Waals surface area contributed by atoms with Gasteiger partial charge in [0, 0.05) is 18.8 Å². The maximum absolute atomic E-state index is 12.7. The zero-order valence-electron chi connectivity index (χ0n) is 10.0. The normalized spacial score (nSPS) is 19.2. The molecule has 0 aromatic heterocycles. The number of thioether (sulfide) groups is 1. The molecule has 2 rings (SSSR count). The van der Waals surface area contributed by atoms with E-state index in [2.05, 4.69) is 0 Å². The second kappa shape index (κ2) is 6.20. The van der Waals surface area contributed by atoms with Gasteiger partial charge in [-0.05, 0) is 24.1 Å². The molecule has 1 fully saturated rings. The molecule has 18 heavy (non-hydrogen) atoms. The summed E-state index contributed by atoms with van der Waals surface area (Å²) in [7, 11) is 0. The average Bonchev–Trinajstić information content (AvgIpc) is 2.78. The third-order valence-corrected chi connectivity index (χ3v) is 3.91. The van der Waals surface area contributed by atoms with Crippen molar-refractivity contribution in [1.82, 2.24) is 4.90 Å². The van der Waals surface area contributed by atoms with Crippen LogP contribution in [0.25, 0.3) is 0 Å². The number of nitrogens with zero attached hydrogens (tertiary/aromatic N) is 1. The van der Waals surface area contributed by atoms with E-state index in [0.29, 0.717) is 31.0 Å². The van der Waals surface area contributed by atoms with Gasteiger partial charge >= 0.3 is 0 Å². The van der Waals surface area contributed by atoms with Crippen molar-refractivity contribution in [1.29, 1.82) is 0 Å². The van der Waals surface area contributed by atoms with E-state index in [4.69, 9.17) is 0 Å². The van der Waals surface area contributed by atoms with Crippen LogP contribution in [-0.2, 0) is 10.5 Å². The molecule has 0 radical (unpaired) electrons. The maximum Gasteiger partial charge on any atom is 0.232 e. The first-order chi connectivity index (χ1) is 8.65. The van der Waals surface area contributed by atoms with E-state index in [1.54, 1.807) is 17.0 Å². The number of hydrogen-bond donors (Lipinski definition) is 1. The number of β-amino-alcohol motifs (C(OH)–C–C–N with tert-alkyl or cyclic N) is 1. The molecule has 0 unspecified atom stereocenters. The molecule has 1 saturated heterocycles. The number of aliphatic hydroxyl groups excluding tert-OH is 1. The number of amides is 1. The van der Waals surface area contributed by atoms with Crippen molar-refractivity contribution in [3.63, 3.8) is 0 Å². The van der Waals surface area contributed by atoms with Crippen molar-refractivity contribution in [2.75, 3.05) is 18.8 Å². The molecular weight excluding hydrogens is 253 g/mol. The smallest absolute Gasteiger partial charge is 0.232 e. The van der Waals surface area contributed by atoms with Crippen LogP contribution in [0, 0.1) is 5.82 Å². The highest BCUT2D eigenvalue weighted by atomic mass is 32.2. The number of benzene rings is 1. The summed E-state index contributed by atoms with van der Waals surface area (Å²) in [5, 5.41) is 9.34. The number of halogens is 1. The summed E-state index contributed by atoms with van der Waals surface area (Å²) in [6.45, 7) is 1.10. The molecule has 98 valence electrons. The van der Waals surface area contributed by atoms with Gasteiger partial charge in [-0.1, -0.05) is 12.1 Å². The third kappa shape index (κ3) is 3.71. The summed E-state index contributed by atoms with van der Waals surface area (Å²) < 4.78 is 12.7. The SMILES string of the molecule is O=C(CSCc1ccc(F)cc1)N1CC[C@@H](O)C1.